The van der Waals surface area contributed by atoms with Crippen molar-refractivity contribution in [3.05, 3.63) is 50.4 Å². The zero-order valence-electron chi connectivity index (χ0n) is 10.5. The highest BCUT2D eigenvalue weighted by molar-refractivity contribution is 9.10. The molecule has 0 atom stereocenters. The Hall–Kier alpha value is -1.93. The fourth-order valence-corrected chi connectivity index (χ4v) is 3.01. The average molecular weight is 373 g/mol. The maximum Gasteiger partial charge on any atom is 0.337 e. The molecule has 8 heteroatoms. The number of nitrogens with one attached hydrogen (secondary N) is 2. The number of hydrogen-bond donors (Lipinski definition) is 3. The summed E-state index contributed by atoms with van der Waals surface area (Å²) in [6, 6.07) is 4.44. The van der Waals surface area contributed by atoms with Crippen LogP contribution in [-0.2, 0) is 6.54 Å². The molecule has 0 fully saturated rings. The summed E-state index contributed by atoms with van der Waals surface area (Å²) in [6.45, 7) is 0.299. The van der Waals surface area contributed by atoms with E-state index in [-0.39, 0.29) is 11.3 Å². The molecule has 1 heterocycles. The first-order chi connectivity index (χ1) is 9.97. The van der Waals surface area contributed by atoms with Gasteiger partial charge in [-0.3, -0.25) is 0 Å². The van der Waals surface area contributed by atoms with Gasteiger partial charge in [0, 0.05) is 9.35 Å². The van der Waals surface area contributed by atoms with Gasteiger partial charge < -0.3 is 15.7 Å². The zero-order valence-corrected chi connectivity index (χ0v) is 12.9. The van der Waals surface area contributed by atoms with Crippen LogP contribution in [0.3, 0.4) is 0 Å². The molecular weight excluding hydrogens is 363 g/mol. The van der Waals surface area contributed by atoms with E-state index in [1.165, 1.54) is 17.4 Å². The molecule has 0 radical (unpaired) electrons. The molecule has 5 nitrogen and oxygen atoms in total. The minimum absolute atomic E-state index is 0.0339. The van der Waals surface area contributed by atoms with Crippen molar-refractivity contribution in [3.8, 4) is 0 Å². The number of anilines is 1. The minimum atomic E-state index is -1.31. The third kappa shape index (κ3) is 4.02. The first-order valence-electron chi connectivity index (χ1n) is 5.77. The largest absolute Gasteiger partial charge is 0.478 e. The third-order valence-electron chi connectivity index (χ3n) is 2.56. The number of benzene rings is 1. The molecule has 0 bridgehead atoms. The summed E-state index contributed by atoms with van der Waals surface area (Å²) >= 11 is 4.82. The SMILES string of the molecule is O=C(NCc1sccc1Br)Nc1ccc(F)cc1C(=O)O. The number of carboxylic acid groups (broad SMARTS) is 1. The van der Waals surface area contributed by atoms with E-state index < -0.39 is 17.8 Å². The van der Waals surface area contributed by atoms with Crippen molar-refractivity contribution < 1.29 is 19.1 Å². The number of hydrogen-bond acceptors (Lipinski definition) is 3. The highest BCUT2D eigenvalue weighted by Gasteiger charge is 2.13. The number of amides is 2. The molecule has 1 aromatic carbocycles. The van der Waals surface area contributed by atoms with Crippen LogP contribution in [0.15, 0.2) is 34.1 Å². The Bertz CT molecular complexity index is 690. The van der Waals surface area contributed by atoms with Gasteiger partial charge in [-0.2, -0.15) is 0 Å². The minimum Gasteiger partial charge on any atom is -0.478 e. The van der Waals surface area contributed by atoms with E-state index in [0.29, 0.717) is 6.54 Å². The molecule has 0 unspecified atom stereocenters. The summed E-state index contributed by atoms with van der Waals surface area (Å²) in [4.78, 5) is 23.7. The first kappa shape index (κ1) is 15.5. The summed E-state index contributed by atoms with van der Waals surface area (Å²) < 4.78 is 13.9. The molecule has 0 saturated heterocycles. The molecule has 110 valence electrons. The number of carboxylic acids is 1. The van der Waals surface area contributed by atoms with Crippen LogP contribution >= 0.6 is 27.3 Å². The molecule has 2 rings (SSSR count). The number of carbonyl (C=O) groups is 2. The first-order valence-corrected chi connectivity index (χ1v) is 7.44. The van der Waals surface area contributed by atoms with Gasteiger partial charge in [0.1, 0.15) is 5.82 Å². The van der Waals surface area contributed by atoms with E-state index in [1.807, 2.05) is 11.4 Å². The van der Waals surface area contributed by atoms with Crippen molar-refractivity contribution in [3.63, 3.8) is 0 Å². The third-order valence-corrected chi connectivity index (χ3v) is 4.49. The van der Waals surface area contributed by atoms with Gasteiger partial charge in [-0.15, -0.1) is 11.3 Å². The summed E-state index contributed by atoms with van der Waals surface area (Å²) in [5, 5.41) is 15.8. The number of thiophene rings is 1. The van der Waals surface area contributed by atoms with Gasteiger partial charge in [-0.25, -0.2) is 14.0 Å². The molecule has 0 aliphatic heterocycles. The second kappa shape index (κ2) is 6.68. The van der Waals surface area contributed by atoms with Crippen LogP contribution in [0.2, 0.25) is 0 Å². The smallest absolute Gasteiger partial charge is 0.337 e. The molecule has 0 spiro atoms. The van der Waals surface area contributed by atoms with Crippen molar-refractivity contribution >= 4 is 45.0 Å². The Morgan fingerprint density at radius 1 is 1.33 bits per heavy atom. The van der Waals surface area contributed by atoms with Gasteiger partial charge in [0.05, 0.1) is 17.8 Å². The standard InChI is InChI=1S/C13H10BrFN2O3S/c14-9-3-4-21-11(9)6-16-13(20)17-10-2-1-7(15)5-8(10)12(18)19/h1-5H,6H2,(H,18,19)(H2,16,17,20). The Morgan fingerprint density at radius 2 is 2.10 bits per heavy atom. The molecule has 1 aromatic heterocycles. The van der Waals surface area contributed by atoms with Crippen molar-refractivity contribution in [2.45, 2.75) is 6.54 Å². The fourth-order valence-electron chi connectivity index (χ4n) is 1.58. The Morgan fingerprint density at radius 3 is 2.71 bits per heavy atom. The van der Waals surface area contributed by atoms with Crippen molar-refractivity contribution in [1.82, 2.24) is 5.32 Å². The highest BCUT2D eigenvalue weighted by Crippen LogP contribution is 2.22. The second-order valence-corrected chi connectivity index (χ2v) is 5.85. The van der Waals surface area contributed by atoms with Crippen LogP contribution in [0.1, 0.15) is 15.2 Å². The normalized spacial score (nSPS) is 10.2. The maximum atomic E-state index is 13.0. The van der Waals surface area contributed by atoms with Crippen LogP contribution in [-0.4, -0.2) is 17.1 Å². The number of rotatable bonds is 4. The lowest BCUT2D eigenvalue weighted by Crippen LogP contribution is -2.28. The lowest BCUT2D eigenvalue weighted by Gasteiger charge is -2.09. The molecule has 2 aromatic rings. The Balaban J connectivity index is 2.03. The van der Waals surface area contributed by atoms with Crippen molar-refractivity contribution in [2.75, 3.05) is 5.32 Å². The summed E-state index contributed by atoms with van der Waals surface area (Å²) in [5.74, 6) is -1.99. The summed E-state index contributed by atoms with van der Waals surface area (Å²) in [6.07, 6.45) is 0. The van der Waals surface area contributed by atoms with E-state index in [0.717, 1.165) is 21.5 Å². The van der Waals surface area contributed by atoms with Crippen molar-refractivity contribution in [1.29, 1.82) is 0 Å². The maximum absolute atomic E-state index is 13.0. The molecule has 21 heavy (non-hydrogen) atoms. The second-order valence-electron chi connectivity index (χ2n) is 3.99. The molecular formula is C13H10BrFN2O3S. The van der Waals surface area contributed by atoms with Crippen LogP contribution in [0.25, 0.3) is 0 Å². The fraction of sp³-hybridized carbons (Fsp3) is 0.0769. The summed E-state index contributed by atoms with van der Waals surface area (Å²) in [5.41, 5.74) is -0.269. The number of carbonyl (C=O) groups excluding carboxylic acids is 1. The van der Waals surface area contributed by atoms with E-state index in [2.05, 4.69) is 26.6 Å². The van der Waals surface area contributed by atoms with E-state index in [1.54, 1.807) is 0 Å². The van der Waals surface area contributed by atoms with E-state index in [4.69, 9.17) is 5.11 Å². The number of halogens is 2. The van der Waals surface area contributed by atoms with Gasteiger partial charge in [0.15, 0.2) is 0 Å². The van der Waals surface area contributed by atoms with Gasteiger partial charge in [0.25, 0.3) is 0 Å². The lowest BCUT2D eigenvalue weighted by atomic mass is 10.2. The molecule has 2 amide bonds. The monoisotopic (exact) mass is 372 g/mol. The topological polar surface area (TPSA) is 78.4 Å². The predicted octanol–water partition coefficient (Wildman–Crippen LogP) is 3.67. The van der Waals surface area contributed by atoms with Crippen molar-refractivity contribution in [2.24, 2.45) is 0 Å². The molecule has 0 saturated carbocycles. The van der Waals surface area contributed by atoms with Crippen LogP contribution in [0, 0.1) is 5.82 Å². The van der Waals surface area contributed by atoms with E-state index >= 15 is 0 Å². The zero-order chi connectivity index (χ0) is 15.4. The van der Waals surface area contributed by atoms with Crippen LogP contribution < -0.4 is 10.6 Å². The Labute approximate surface area is 131 Å². The Kier molecular flexibility index (Phi) is 4.92. The average Bonchev–Trinajstić information content (AvgIpc) is 2.84. The molecule has 0 aliphatic rings. The lowest BCUT2D eigenvalue weighted by molar-refractivity contribution is 0.0697. The number of aromatic carboxylic acids is 1. The van der Waals surface area contributed by atoms with Gasteiger partial charge in [-0.1, -0.05) is 0 Å². The van der Waals surface area contributed by atoms with E-state index in [9.17, 15) is 14.0 Å². The van der Waals surface area contributed by atoms with Gasteiger partial charge in [0.2, 0.25) is 0 Å². The van der Waals surface area contributed by atoms with Crippen LogP contribution in [0.5, 0.6) is 0 Å². The molecule has 3 N–H and O–H groups in total. The molecule has 0 aliphatic carbocycles. The number of urea groups is 1. The highest BCUT2D eigenvalue weighted by atomic mass is 79.9. The van der Waals surface area contributed by atoms with Gasteiger partial charge in [-0.05, 0) is 45.6 Å². The van der Waals surface area contributed by atoms with Crippen LogP contribution in [0.4, 0.5) is 14.9 Å². The quantitative estimate of drug-likeness (QED) is 0.765. The summed E-state index contributed by atoms with van der Waals surface area (Å²) in [7, 11) is 0. The predicted molar refractivity (Wildman–Crippen MR) is 81.2 cm³/mol. The van der Waals surface area contributed by atoms with Gasteiger partial charge >= 0.3 is 12.0 Å².